The zero-order chi connectivity index (χ0) is 8.39. The van der Waals surface area contributed by atoms with Crippen LogP contribution in [0.25, 0.3) is 0 Å². The third-order valence-corrected chi connectivity index (χ3v) is 3.13. The predicted octanol–water partition coefficient (Wildman–Crippen LogP) is 1.94. The van der Waals surface area contributed by atoms with Crippen LogP contribution in [-0.2, 0) is 4.79 Å². The van der Waals surface area contributed by atoms with E-state index in [9.17, 15) is 4.79 Å². The zero-order valence-electron chi connectivity index (χ0n) is 7.59. The van der Waals surface area contributed by atoms with Gasteiger partial charge in [-0.05, 0) is 25.7 Å². The molecule has 2 heteroatoms. The molecule has 0 aromatic heterocycles. The summed E-state index contributed by atoms with van der Waals surface area (Å²) in [6.45, 7) is 1.03. The Bertz CT molecular complexity index is 179. The van der Waals surface area contributed by atoms with Crippen molar-refractivity contribution in [3.63, 3.8) is 0 Å². The Morgan fingerprint density at radius 1 is 1.08 bits per heavy atom. The van der Waals surface area contributed by atoms with Crippen molar-refractivity contribution in [1.82, 2.24) is 4.90 Å². The number of carbonyl (C=O) groups is 1. The van der Waals surface area contributed by atoms with Gasteiger partial charge in [-0.1, -0.05) is 12.8 Å². The molecule has 0 saturated carbocycles. The number of carbonyl (C=O) groups excluding carboxylic acids is 1. The molecular formula is C10H17NO. The Balaban J connectivity index is 2.03. The molecule has 68 valence electrons. The van der Waals surface area contributed by atoms with Crippen LogP contribution in [0.15, 0.2) is 0 Å². The first-order valence-electron chi connectivity index (χ1n) is 5.17. The van der Waals surface area contributed by atoms with Crippen LogP contribution in [-0.4, -0.2) is 23.4 Å². The lowest BCUT2D eigenvalue weighted by Gasteiger charge is -2.26. The molecule has 2 rings (SSSR count). The quantitative estimate of drug-likeness (QED) is 0.540. The maximum absolute atomic E-state index is 11.6. The SMILES string of the molecule is O=C1CCCCCC2CCCN12. The molecule has 2 aliphatic rings. The highest BCUT2D eigenvalue weighted by atomic mass is 16.2. The lowest BCUT2D eigenvalue weighted by molar-refractivity contribution is -0.132. The van der Waals surface area contributed by atoms with Crippen LogP contribution < -0.4 is 0 Å². The summed E-state index contributed by atoms with van der Waals surface area (Å²) in [7, 11) is 0. The van der Waals surface area contributed by atoms with Gasteiger partial charge in [0.2, 0.25) is 5.91 Å². The van der Waals surface area contributed by atoms with Gasteiger partial charge in [0.05, 0.1) is 0 Å². The standard InChI is InChI=1S/C10H17NO/c12-10-7-3-1-2-5-9-6-4-8-11(9)10/h9H,1-8H2. The van der Waals surface area contributed by atoms with Gasteiger partial charge in [0.15, 0.2) is 0 Å². The van der Waals surface area contributed by atoms with Crippen molar-refractivity contribution in [3.05, 3.63) is 0 Å². The normalized spacial score (nSPS) is 31.2. The van der Waals surface area contributed by atoms with E-state index in [0.29, 0.717) is 11.9 Å². The molecule has 1 amide bonds. The van der Waals surface area contributed by atoms with Crippen molar-refractivity contribution >= 4 is 5.91 Å². The van der Waals surface area contributed by atoms with Crippen LogP contribution in [0.3, 0.4) is 0 Å². The van der Waals surface area contributed by atoms with E-state index >= 15 is 0 Å². The first-order valence-corrected chi connectivity index (χ1v) is 5.17. The van der Waals surface area contributed by atoms with Gasteiger partial charge in [-0.15, -0.1) is 0 Å². The highest BCUT2D eigenvalue weighted by Gasteiger charge is 2.28. The molecule has 2 saturated heterocycles. The molecule has 0 N–H and O–H groups in total. The van der Waals surface area contributed by atoms with E-state index in [1.807, 2.05) is 0 Å². The summed E-state index contributed by atoms with van der Waals surface area (Å²) >= 11 is 0. The lowest BCUT2D eigenvalue weighted by Crippen LogP contribution is -2.36. The molecule has 1 unspecified atom stereocenters. The average Bonchev–Trinajstić information content (AvgIpc) is 2.47. The van der Waals surface area contributed by atoms with Gasteiger partial charge in [0.1, 0.15) is 0 Å². The van der Waals surface area contributed by atoms with E-state index in [4.69, 9.17) is 0 Å². The van der Waals surface area contributed by atoms with E-state index in [1.54, 1.807) is 0 Å². The van der Waals surface area contributed by atoms with Crippen LogP contribution >= 0.6 is 0 Å². The van der Waals surface area contributed by atoms with Gasteiger partial charge in [0.25, 0.3) is 0 Å². The summed E-state index contributed by atoms with van der Waals surface area (Å²) in [4.78, 5) is 13.7. The second-order valence-corrected chi connectivity index (χ2v) is 3.98. The number of rotatable bonds is 0. The van der Waals surface area contributed by atoms with Gasteiger partial charge in [-0.2, -0.15) is 0 Å². The number of fused-ring (bicyclic) bond motifs is 1. The predicted molar refractivity (Wildman–Crippen MR) is 47.8 cm³/mol. The van der Waals surface area contributed by atoms with Crippen molar-refractivity contribution < 1.29 is 4.79 Å². The maximum atomic E-state index is 11.6. The fourth-order valence-corrected chi connectivity index (χ4v) is 2.44. The minimum absolute atomic E-state index is 0.414. The molecule has 12 heavy (non-hydrogen) atoms. The fraction of sp³-hybridized carbons (Fsp3) is 0.900. The van der Waals surface area contributed by atoms with Crippen LogP contribution in [0.5, 0.6) is 0 Å². The van der Waals surface area contributed by atoms with E-state index in [-0.39, 0.29) is 0 Å². The first kappa shape index (κ1) is 8.09. The fourth-order valence-electron chi connectivity index (χ4n) is 2.44. The zero-order valence-corrected chi connectivity index (χ0v) is 7.59. The van der Waals surface area contributed by atoms with Crippen molar-refractivity contribution in [2.24, 2.45) is 0 Å². The van der Waals surface area contributed by atoms with Crippen LogP contribution in [0.1, 0.15) is 44.9 Å². The lowest BCUT2D eigenvalue weighted by atomic mass is 10.0. The van der Waals surface area contributed by atoms with Crippen molar-refractivity contribution in [2.75, 3.05) is 6.54 Å². The van der Waals surface area contributed by atoms with E-state index in [1.165, 1.54) is 32.1 Å². The van der Waals surface area contributed by atoms with Gasteiger partial charge in [-0.25, -0.2) is 0 Å². The van der Waals surface area contributed by atoms with E-state index in [2.05, 4.69) is 4.90 Å². The molecule has 2 heterocycles. The molecule has 0 aromatic carbocycles. The molecule has 0 spiro atoms. The molecular weight excluding hydrogens is 150 g/mol. The second-order valence-electron chi connectivity index (χ2n) is 3.98. The third-order valence-electron chi connectivity index (χ3n) is 3.13. The summed E-state index contributed by atoms with van der Waals surface area (Å²) in [6, 6.07) is 0.609. The summed E-state index contributed by atoms with van der Waals surface area (Å²) in [5.74, 6) is 0.414. The summed E-state index contributed by atoms with van der Waals surface area (Å²) in [5.41, 5.74) is 0. The van der Waals surface area contributed by atoms with E-state index in [0.717, 1.165) is 19.4 Å². The highest BCUT2D eigenvalue weighted by Crippen LogP contribution is 2.25. The number of hydrogen-bond donors (Lipinski definition) is 0. The maximum Gasteiger partial charge on any atom is 0.222 e. The Labute approximate surface area is 73.9 Å². The van der Waals surface area contributed by atoms with Crippen LogP contribution in [0, 0.1) is 0 Å². The summed E-state index contributed by atoms with van der Waals surface area (Å²) < 4.78 is 0. The number of nitrogens with zero attached hydrogens (tertiary/aromatic N) is 1. The number of amides is 1. The Morgan fingerprint density at radius 2 is 1.92 bits per heavy atom. The molecule has 2 aliphatic heterocycles. The molecule has 1 atom stereocenters. The minimum atomic E-state index is 0.414. The molecule has 2 fully saturated rings. The Morgan fingerprint density at radius 3 is 2.83 bits per heavy atom. The van der Waals surface area contributed by atoms with Crippen LogP contribution in [0.2, 0.25) is 0 Å². The molecule has 0 radical (unpaired) electrons. The van der Waals surface area contributed by atoms with E-state index < -0.39 is 0 Å². The monoisotopic (exact) mass is 167 g/mol. The van der Waals surface area contributed by atoms with Crippen molar-refractivity contribution in [1.29, 1.82) is 0 Å². The molecule has 0 aliphatic carbocycles. The smallest absolute Gasteiger partial charge is 0.222 e. The van der Waals surface area contributed by atoms with Gasteiger partial charge >= 0.3 is 0 Å². The third kappa shape index (κ3) is 1.47. The average molecular weight is 167 g/mol. The molecule has 0 bridgehead atoms. The van der Waals surface area contributed by atoms with Crippen molar-refractivity contribution in [3.8, 4) is 0 Å². The number of hydrogen-bond acceptors (Lipinski definition) is 1. The topological polar surface area (TPSA) is 20.3 Å². The minimum Gasteiger partial charge on any atom is -0.340 e. The Kier molecular flexibility index (Phi) is 2.33. The van der Waals surface area contributed by atoms with Crippen LogP contribution in [0.4, 0.5) is 0 Å². The highest BCUT2D eigenvalue weighted by molar-refractivity contribution is 5.76. The molecule has 0 aromatic rings. The van der Waals surface area contributed by atoms with Crippen molar-refractivity contribution in [2.45, 2.75) is 51.0 Å². The second kappa shape index (κ2) is 3.46. The largest absolute Gasteiger partial charge is 0.340 e. The van der Waals surface area contributed by atoms with Gasteiger partial charge in [-0.3, -0.25) is 4.79 Å². The Hall–Kier alpha value is -0.530. The van der Waals surface area contributed by atoms with Gasteiger partial charge < -0.3 is 4.90 Å². The first-order chi connectivity index (χ1) is 5.88. The summed E-state index contributed by atoms with van der Waals surface area (Å²) in [5, 5.41) is 0. The van der Waals surface area contributed by atoms with Gasteiger partial charge in [0, 0.05) is 19.0 Å². The molecule has 2 nitrogen and oxygen atoms in total. The summed E-state index contributed by atoms with van der Waals surface area (Å²) in [6.07, 6.45) is 8.25.